The van der Waals surface area contributed by atoms with Crippen molar-refractivity contribution in [1.82, 2.24) is 0 Å². The molecule has 0 spiro atoms. The lowest BCUT2D eigenvalue weighted by atomic mass is 10.2. The topological polar surface area (TPSA) is 63.6 Å². The number of esters is 1. The average Bonchev–Trinajstić information content (AvgIpc) is 1.82. The van der Waals surface area contributed by atoms with E-state index in [0.29, 0.717) is 0 Å². The number of ether oxygens (including phenoxy) is 1. The Balaban J connectivity index is 4.21. The predicted molar refractivity (Wildman–Crippen MR) is 37.7 cm³/mol. The molecule has 0 aromatic carbocycles. The van der Waals surface area contributed by atoms with Crippen LogP contribution in [0.3, 0.4) is 0 Å². The Morgan fingerprint density at radius 2 is 1.91 bits per heavy atom. The zero-order valence-corrected chi connectivity index (χ0v) is 6.67. The van der Waals surface area contributed by atoms with Crippen LogP contribution in [-0.4, -0.2) is 22.6 Å². The van der Waals surface area contributed by atoms with Crippen molar-refractivity contribution >= 4 is 11.9 Å². The van der Waals surface area contributed by atoms with Crippen LogP contribution in [0.4, 0.5) is 0 Å². The highest BCUT2D eigenvalue weighted by molar-refractivity contribution is 5.94. The van der Waals surface area contributed by atoms with E-state index in [0.717, 1.165) is 5.94 Å². The molecule has 0 unspecified atom stereocenters. The highest BCUT2D eigenvalue weighted by Gasteiger charge is 2.19. The van der Waals surface area contributed by atoms with Crippen LogP contribution in [0.25, 0.3) is 0 Å². The van der Waals surface area contributed by atoms with Gasteiger partial charge in [0.15, 0.2) is 5.94 Å². The zero-order valence-electron chi connectivity index (χ0n) is 6.67. The van der Waals surface area contributed by atoms with Crippen LogP contribution in [0.5, 0.6) is 0 Å². The number of aliphatic hydroxyl groups excluding tert-OH is 1. The number of hydrogen-bond acceptors (Lipinski definition) is 4. The number of carbonyl (C=O) groups is 1. The minimum absolute atomic E-state index is 0.706. The molecule has 0 bridgehead atoms. The molecule has 11 heavy (non-hydrogen) atoms. The van der Waals surface area contributed by atoms with Crippen LogP contribution >= 0.6 is 0 Å². The number of aliphatic hydroxyl groups is 1. The molecule has 0 aromatic rings. The number of rotatable bonds is 1. The fraction of sp³-hybridized carbons (Fsp3) is 0.571. The molecule has 0 heterocycles. The van der Waals surface area contributed by atoms with E-state index in [1.54, 1.807) is 20.8 Å². The van der Waals surface area contributed by atoms with Crippen LogP contribution < -0.4 is 0 Å². The SMILES string of the molecule is CC(C)(C)OC(=O)C(O)=C=O. The van der Waals surface area contributed by atoms with E-state index < -0.39 is 17.3 Å². The van der Waals surface area contributed by atoms with Crippen LogP contribution in [0, 0.1) is 0 Å². The molecule has 0 saturated heterocycles. The summed E-state index contributed by atoms with van der Waals surface area (Å²) in [6.07, 6.45) is 0. The molecular formula is C7H10O4. The van der Waals surface area contributed by atoms with Gasteiger partial charge in [0.1, 0.15) is 5.60 Å². The van der Waals surface area contributed by atoms with Crippen LogP contribution in [0.2, 0.25) is 0 Å². The van der Waals surface area contributed by atoms with Gasteiger partial charge in [-0.2, -0.15) is 0 Å². The molecule has 0 rings (SSSR count). The Morgan fingerprint density at radius 1 is 1.45 bits per heavy atom. The summed E-state index contributed by atoms with van der Waals surface area (Å²) in [5, 5.41) is 8.51. The smallest absolute Gasteiger partial charge is 0.385 e. The minimum atomic E-state index is -1.05. The normalized spacial score (nSPS) is 10.1. The predicted octanol–water partition coefficient (Wildman–Crippen LogP) is 0.602. The molecule has 4 nitrogen and oxygen atoms in total. The first-order valence-corrected chi connectivity index (χ1v) is 3.04. The Labute approximate surface area is 64.5 Å². The fourth-order valence-corrected chi connectivity index (χ4v) is 0.368. The second kappa shape index (κ2) is 3.21. The van der Waals surface area contributed by atoms with Gasteiger partial charge >= 0.3 is 5.97 Å². The Bertz CT molecular complexity index is 205. The van der Waals surface area contributed by atoms with E-state index in [2.05, 4.69) is 4.74 Å². The molecule has 0 aliphatic carbocycles. The van der Waals surface area contributed by atoms with Crippen molar-refractivity contribution in [3.8, 4) is 0 Å². The van der Waals surface area contributed by atoms with Crippen LogP contribution in [-0.2, 0) is 14.3 Å². The Morgan fingerprint density at radius 3 is 2.18 bits per heavy atom. The zero-order chi connectivity index (χ0) is 9.07. The second-order valence-corrected chi connectivity index (χ2v) is 2.95. The molecular weight excluding hydrogens is 148 g/mol. The summed E-state index contributed by atoms with van der Waals surface area (Å²) >= 11 is 0. The van der Waals surface area contributed by atoms with Gasteiger partial charge in [0.25, 0.3) is 5.76 Å². The first kappa shape index (κ1) is 9.72. The van der Waals surface area contributed by atoms with Crippen LogP contribution in [0.15, 0.2) is 5.76 Å². The van der Waals surface area contributed by atoms with Gasteiger partial charge in [-0.15, -0.1) is 0 Å². The third-order valence-corrected chi connectivity index (χ3v) is 0.689. The van der Waals surface area contributed by atoms with E-state index in [9.17, 15) is 9.59 Å². The molecule has 1 N–H and O–H groups in total. The van der Waals surface area contributed by atoms with Crippen molar-refractivity contribution in [1.29, 1.82) is 0 Å². The lowest BCUT2D eigenvalue weighted by Gasteiger charge is -2.17. The maximum atomic E-state index is 10.6. The quantitative estimate of drug-likeness (QED) is 0.263. The molecule has 0 aliphatic heterocycles. The molecule has 0 atom stereocenters. The first-order valence-electron chi connectivity index (χ1n) is 3.04. The molecule has 0 radical (unpaired) electrons. The van der Waals surface area contributed by atoms with Crippen molar-refractivity contribution in [2.75, 3.05) is 0 Å². The van der Waals surface area contributed by atoms with Gasteiger partial charge in [0.2, 0.25) is 0 Å². The van der Waals surface area contributed by atoms with Crippen molar-refractivity contribution in [2.45, 2.75) is 26.4 Å². The molecule has 0 amide bonds. The second-order valence-electron chi connectivity index (χ2n) is 2.95. The molecule has 4 heteroatoms. The van der Waals surface area contributed by atoms with Crippen molar-refractivity contribution in [3.63, 3.8) is 0 Å². The minimum Gasteiger partial charge on any atom is -0.494 e. The van der Waals surface area contributed by atoms with Crippen molar-refractivity contribution in [3.05, 3.63) is 5.76 Å². The summed E-state index contributed by atoms with van der Waals surface area (Å²) in [4.78, 5) is 20.3. The summed E-state index contributed by atoms with van der Waals surface area (Å²) in [6, 6.07) is 0. The molecule has 0 aromatic heterocycles. The summed E-state index contributed by atoms with van der Waals surface area (Å²) < 4.78 is 4.60. The number of hydrogen-bond donors (Lipinski definition) is 1. The lowest BCUT2D eigenvalue weighted by Crippen LogP contribution is -2.24. The third-order valence-electron chi connectivity index (χ3n) is 0.689. The van der Waals surface area contributed by atoms with E-state index in [4.69, 9.17) is 5.11 Å². The molecule has 0 fully saturated rings. The average molecular weight is 158 g/mol. The monoisotopic (exact) mass is 158 g/mol. The molecule has 62 valence electrons. The Hall–Kier alpha value is -1.28. The fourth-order valence-electron chi connectivity index (χ4n) is 0.368. The molecule has 0 aliphatic rings. The maximum absolute atomic E-state index is 10.6. The summed E-state index contributed by atoms with van der Waals surface area (Å²) in [5.41, 5.74) is -0.706. The summed E-state index contributed by atoms with van der Waals surface area (Å²) in [6.45, 7) is 4.88. The van der Waals surface area contributed by atoms with E-state index >= 15 is 0 Å². The van der Waals surface area contributed by atoms with Gasteiger partial charge in [-0.1, -0.05) is 0 Å². The van der Waals surface area contributed by atoms with Gasteiger partial charge in [-0.25, -0.2) is 9.59 Å². The van der Waals surface area contributed by atoms with E-state index in [1.807, 2.05) is 0 Å². The highest BCUT2D eigenvalue weighted by Crippen LogP contribution is 2.08. The number of carbonyl (C=O) groups excluding carboxylic acids is 2. The van der Waals surface area contributed by atoms with Gasteiger partial charge in [-0.3, -0.25) is 0 Å². The van der Waals surface area contributed by atoms with Crippen molar-refractivity contribution < 1.29 is 19.4 Å². The largest absolute Gasteiger partial charge is 0.494 e. The highest BCUT2D eigenvalue weighted by atomic mass is 16.6. The summed E-state index contributed by atoms with van der Waals surface area (Å²) in [7, 11) is 0. The first-order chi connectivity index (χ1) is 4.87. The van der Waals surface area contributed by atoms with Gasteiger partial charge < -0.3 is 9.84 Å². The van der Waals surface area contributed by atoms with Gasteiger partial charge in [0.05, 0.1) is 0 Å². The third kappa shape index (κ3) is 4.17. The van der Waals surface area contributed by atoms with Gasteiger partial charge in [0, 0.05) is 0 Å². The van der Waals surface area contributed by atoms with Crippen LogP contribution in [0.1, 0.15) is 20.8 Å². The summed E-state index contributed by atoms with van der Waals surface area (Å²) in [5.74, 6) is -1.04. The van der Waals surface area contributed by atoms with Crippen molar-refractivity contribution in [2.24, 2.45) is 0 Å². The van der Waals surface area contributed by atoms with E-state index in [1.165, 1.54) is 0 Å². The molecule has 0 saturated carbocycles. The standard InChI is InChI=1S/C7H10O4/c1-7(2,3)11-6(10)5(9)4-8/h9H,1-3H3. The maximum Gasteiger partial charge on any atom is 0.385 e. The lowest BCUT2D eigenvalue weighted by molar-refractivity contribution is -0.152. The Kier molecular flexibility index (Phi) is 2.84. The van der Waals surface area contributed by atoms with Gasteiger partial charge in [-0.05, 0) is 20.8 Å². The van der Waals surface area contributed by atoms with E-state index in [-0.39, 0.29) is 0 Å².